The summed E-state index contributed by atoms with van der Waals surface area (Å²) in [6.45, 7) is 2.42. The molecule has 3 heterocycles. The van der Waals surface area contributed by atoms with Gasteiger partial charge in [0.1, 0.15) is 11.9 Å². The van der Waals surface area contributed by atoms with Gasteiger partial charge in [-0.15, -0.1) is 0 Å². The standard InChI is InChI=1S/C25H30N4O4/c1-32-21-6-2-17(3-7-21)24(30)28-15-23(16-28)33-22-8-4-20(5-9-22)27-25(31)29-13-18-10-11-26-12-19(18)14-29/h4-5,8-12,17,21,23H,2-3,6-7,13-16H2,1H3,(H,27,31). The summed E-state index contributed by atoms with van der Waals surface area (Å²) in [5.74, 6) is 1.12. The first kappa shape index (κ1) is 21.7. The molecule has 0 spiro atoms. The molecule has 3 aliphatic rings. The van der Waals surface area contributed by atoms with Crippen molar-refractivity contribution in [1.29, 1.82) is 0 Å². The van der Waals surface area contributed by atoms with E-state index in [1.807, 2.05) is 41.4 Å². The molecule has 1 aromatic carbocycles. The molecular formula is C25H30N4O4. The molecule has 2 aromatic rings. The highest BCUT2D eigenvalue weighted by Gasteiger charge is 2.37. The van der Waals surface area contributed by atoms with Gasteiger partial charge in [-0.1, -0.05) is 0 Å². The number of likely N-dealkylation sites (tertiary alicyclic amines) is 1. The van der Waals surface area contributed by atoms with E-state index in [0.29, 0.717) is 32.3 Å². The summed E-state index contributed by atoms with van der Waals surface area (Å²) in [5, 5.41) is 2.94. The van der Waals surface area contributed by atoms with Crippen molar-refractivity contribution in [3.63, 3.8) is 0 Å². The maximum absolute atomic E-state index is 12.7. The SMILES string of the molecule is COC1CCC(C(=O)N2CC(Oc3ccc(NC(=O)N4Cc5ccncc5C4)cc3)C2)CC1. The molecule has 5 rings (SSSR count). The molecular weight excluding hydrogens is 420 g/mol. The van der Waals surface area contributed by atoms with E-state index in [4.69, 9.17) is 9.47 Å². The number of carbonyl (C=O) groups is 2. The van der Waals surface area contributed by atoms with Crippen LogP contribution in [-0.2, 0) is 22.6 Å². The van der Waals surface area contributed by atoms with Crippen molar-refractivity contribution in [3.05, 3.63) is 53.9 Å². The number of ether oxygens (including phenoxy) is 2. The Balaban J connectivity index is 1.06. The van der Waals surface area contributed by atoms with Crippen LogP contribution in [0.2, 0.25) is 0 Å². The van der Waals surface area contributed by atoms with Crippen molar-refractivity contribution in [2.24, 2.45) is 5.92 Å². The van der Waals surface area contributed by atoms with Gasteiger partial charge in [-0.05, 0) is 67.1 Å². The molecule has 0 unspecified atom stereocenters. The van der Waals surface area contributed by atoms with Gasteiger partial charge < -0.3 is 24.6 Å². The van der Waals surface area contributed by atoms with E-state index in [9.17, 15) is 9.59 Å². The molecule has 1 saturated heterocycles. The molecule has 8 nitrogen and oxygen atoms in total. The van der Waals surface area contributed by atoms with Gasteiger partial charge >= 0.3 is 6.03 Å². The molecule has 0 radical (unpaired) electrons. The smallest absolute Gasteiger partial charge is 0.322 e. The highest BCUT2D eigenvalue weighted by Crippen LogP contribution is 2.30. The molecule has 174 valence electrons. The lowest BCUT2D eigenvalue weighted by molar-refractivity contribution is -0.146. The number of nitrogens with one attached hydrogen (secondary N) is 1. The summed E-state index contributed by atoms with van der Waals surface area (Å²) in [6, 6.07) is 9.22. The average molecular weight is 451 g/mol. The second-order valence-corrected chi connectivity index (χ2v) is 9.15. The zero-order valence-corrected chi connectivity index (χ0v) is 18.9. The number of anilines is 1. The summed E-state index contributed by atoms with van der Waals surface area (Å²) in [7, 11) is 1.75. The minimum atomic E-state index is -0.132. The van der Waals surface area contributed by atoms with Crippen LogP contribution in [0.4, 0.5) is 10.5 Å². The van der Waals surface area contributed by atoms with Gasteiger partial charge in [0.25, 0.3) is 0 Å². The number of amides is 3. The molecule has 1 N–H and O–H groups in total. The Morgan fingerprint density at radius 2 is 1.67 bits per heavy atom. The van der Waals surface area contributed by atoms with Gasteiger partial charge in [-0.2, -0.15) is 0 Å². The summed E-state index contributed by atoms with van der Waals surface area (Å²) >= 11 is 0. The van der Waals surface area contributed by atoms with E-state index < -0.39 is 0 Å². The predicted octanol–water partition coefficient (Wildman–Crippen LogP) is 3.42. The number of benzene rings is 1. The maximum atomic E-state index is 12.7. The average Bonchev–Trinajstić information content (AvgIpc) is 3.26. The second-order valence-electron chi connectivity index (χ2n) is 9.15. The predicted molar refractivity (Wildman–Crippen MR) is 123 cm³/mol. The van der Waals surface area contributed by atoms with Crippen molar-refractivity contribution in [2.45, 2.75) is 51.0 Å². The van der Waals surface area contributed by atoms with Crippen LogP contribution in [0.5, 0.6) is 5.75 Å². The number of hydrogen-bond donors (Lipinski definition) is 1. The minimum absolute atomic E-state index is 0.0152. The number of pyridine rings is 1. The van der Waals surface area contributed by atoms with E-state index in [2.05, 4.69) is 10.3 Å². The van der Waals surface area contributed by atoms with Crippen LogP contribution in [0, 0.1) is 5.92 Å². The van der Waals surface area contributed by atoms with E-state index in [1.165, 1.54) is 0 Å². The maximum Gasteiger partial charge on any atom is 0.322 e. The number of carbonyl (C=O) groups excluding carboxylic acids is 2. The number of rotatable bonds is 5. The highest BCUT2D eigenvalue weighted by atomic mass is 16.5. The summed E-state index contributed by atoms with van der Waals surface area (Å²) < 4.78 is 11.4. The molecule has 0 atom stereocenters. The zero-order valence-electron chi connectivity index (χ0n) is 18.9. The zero-order chi connectivity index (χ0) is 22.8. The van der Waals surface area contributed by atoms with Gasteiger partial charge in [-0.3, -0.25) is 9.78 Å². The third-order valence-corrected chi connectivity index (χ3v) is 6.94. The number of hydrogen-bond acceptors (Lipinski definition) is 5. The summed E-state index contributed by atoms with van der Waals surface area (Å²) in [6.07, 6.45) is 7.63. The molecule has 1 aromatic heterocycles. The molecule has 3 amide bonds. The fourth-order valence-electron chi connectivity index (χ4n) is 4.87. The van der Waals surface area contributed by atoms with Gasteiger partial charge in [-0.25, -0.2) is 4.79 Å². The largest absolute Gasteiger partial charge is 0.487 e. The van der Waals surface area contributed by atoms with Crippen LogP contribution < -0.4 is 10.1 Å². The number of fused-ring (bicyclic) bond motifs is 1. The van der Waals surface area contributed by atoms with Crippen molar-refractivity contribution in [1.82, 2.24) is 14.8 Å². The van der Waals surface area contributed by atoms with Crippen LogP contribution in [0.3, 0.4) is 0 Å². The second kappa shape index (κ2) is 9.39. The van der Waals surface area contributed by atoms with Crippen LogP contribution in [0.15, 0.2) is 42.7 Å². The molecule has 0 bridgehead atoms. The highest BCUT2D eigenvalue weighted by molar-refractivity contribution is 5.89. The Morgan fingerprint density at radius 1 is 0.939 bits per heavy atom. The fourth-order valence-corrected chi connectivity index (χ4v) is 4.87. The molecule has 1 saturated carbocycles. The molecule has 2 aliphatic heterocycles. The Hall–Kier alpha value is -3.13. The van der Waals surface area contributed by atoms with Crippen LogP contribution in [0.25, 0.3) is 0 Å². The lowest BCUT2D eigenvalue weighted by Crippen LogP contribution is -2.57. The first-order chi connectivity index (χ1) is 16.1. The van der Waals surface area contributed by atoms with Gasteiger partial charge in [0, 0.05) is 44.2 Å². The van der Waals surface area contributed by atoms with Gasteiger partial charge in [0.05, 0.1) is 19.2 Å². The van der Waals surface area contributed by atoms with Crippen LogP contribution in [-0.4, -0.2) is 59.1 Å². The third kappa shape index (κ3) is 4.80. The van der Waals surface area contributed by atoms with Crippen molar-refractivity contribution < 1.29 is 19.1 Å². The number of urea groups is 1. The third-order valence-electron chi connectivity index (χ3n) is 6.94. The monoisotopic (exact) mass is 450 g/mol. The van der Waals surface area contributed by atoms with Crippen molar-refractivity contribution in [3.8, 4) is 5.75 Å². The summed E-state index contributed by atoms with van der Waals surface area (Å²) in [4.78, 5) is 33.1. The number of methoxy groups -OCH3 is 1. The number of nitrogens with zero attached hydrogens (tertiary/aromatic N) is 3. The minimum Gasteiger partial charge on any atom is -0.487 e. The van der Waals surface area contributed by atoms with E-state index in [1.54, 1.807) is 18.2 Å². The molecule has 33 heavy (non-hydrogen) atoms. The Labute approximate surface area is 193 Å². The molecule has 1 aliphatic carbocycles. The Bertz CT molecular complexity index is 973. The van der Waals surface area contributed by atoms with Crippen molar-refractivity contribution in [2.75, 3.05) is 25.5 Å². The Kier molecular flexibility index (Phi) is 6.17. The quantitative estimate of drug-likeness (QED) is 0.755. The van der Waals surface area contributed by atoms with E-state index in [-0.39, 0.29) is 24.0 Å². The topological polar surface area (TPSA) is 84.0 Å². The Morgan fingerprint density at radius 3 is 2.36 bits per heavy atom. The van der Waals surface area contributed by atoms with E-state index >= 15 is 0 Å². The summed E-state index contributed by atoms with van der Waals surface area (Å²) in [5.41, 5.74) is 2.95. The van der Waals surface area contributed by atoms with Crippen LogP contribution >= 0.6 is 0 Å². The van der Waals surface area contributed by atoms with E-state index in [0.717, 1.165) is 48.2 Å². The number of aromatic nitrogens is 1. The lowest BCUT2D eigenvalue weighted by atomic mass is 9.85. The van der Waals surface area contributed by atoms with Crippen molar-refractivity contribution >= 4 is 17.6 Å². The lowest BCUT2D eigenvalue weighted by Gasteiger charge is -2.41. The van der Waals surface area contributed by atoms with Crippen LogP contribution in [0.1, 0.15) is 36.8 Å². The first-order valence-corrected chi connectivity index (χ1v) is 11.6. The van der Waals surface area contributed by atoms with Gasteiger partial charge in [0.2, 0.25) is 5.91 Å². The fraction of sp³-hybridized carbons (Fsp3) is 0.480. The first-order valence-electron chi connectivity index (χ1n) is 11.6. The van der Waals surface area contributed by atoms with Gasteiger partial charge in [0.15, 0.2) is 0 Å². The normalized spacial score (nSPS) is 22.5. The molecule has 8 heteroatoms. The molecule has 2 fully saturated rings.